The minimum absolute atomic E-state index is 0.177. The smallest absolute Gasteiger partial charge is 0.425 e. The van der Waals surface area contributed by atoms with Gasteiger partial charge in [-0.25, -0.2) is 9.86 Å². The van der Waals surface area contributed by atoms with Gasteiger partial charge in [0.15, 0.2) is 5.75 Å². The summed E-state index contributed by atoms with van der Waals surface area (Å²) >= 11 is 0. The lowest BCUT2D eigenvalue weighted by molar-refractivity contribution is -0.173. The average Bonchev–Trinajstić information content (AvgIpc) is 2.63. The number of hydroxylamine groups is 1. The van der Waals surface area contributed by atoms with Crippen molar-refractivity contribution in [1.82, 2.24) is 0 Å². The number of carbonyl (C=O) groups excluding carboxylic acids is 1. The second-order valence-corrected chi connectivity index (χ2v) is 6.11. The number of hydrogen-bond acceptors (Lipinski definition) is 7. The molecule has 10 heteroatoms. The van der Waals surface area contributed by atoms with Gasteiger partial charge in [-0.1, -0.05) is 5.16 Å². The predicted molar refractivity (Wildman–Crippen MR) is 95.9 cm³/mol. The van der Waals surface area contributed by atoms with Crippen LogP contribution in [-0.2, 0) is 19.1 Å². The fraction of sp³-hybridized carbons (Fsp3) is 0.444. The normalized spacial score (nSPS) is 15.2. The van der Waals surface area contributed by atoms with Crippen LogP contribution in [0.5, 0.6) is 5.75 Å². The number of nitrogens with zero attached hydrogens (tertiary/aromatic N) is 2. The van der Waals surface area contributed by atoms with E-state index in [0.717, 1.165) is 5.56 Å². The Kier molecular flexibility index (Phi) is 6.42. The van der Waals surface area contributed by atoms with Crippen molar-refractivity contribution in [2.24, 2.45) is 5.16 Å². The molecule has 1 aromatic carbocycles. The maximum Gasteiger partial charge on any atom is 0.425 e. The number of benzene rings is 1. The van der Waals surface area contributed by atoms with Gasteiger partial charge >= 0.3 is 12.1 Å². The number of oxime groups is 1. The van der Waals surface area contributed by atoms with E-state index in [1.165, 1.54) is 32.5 Å². The van der Waals surface area contributed by atoms with Crippen molar-refractivity contribution in [3.63, 3.8) is 0 Å². The van der Waals surface area contributed by atoms with Crippen LogP contribution in [0.1, 0.15) is 25.0 Å². The summed E-state index contributed by atoms with van der Waals surface area (Å²) in [6.45, 7) is 3.56. The maximum atomic E-state index is 12.2. The van der Waals surface area contributed by atoms with E-state index >= 15 is 0 Å². The van der Waals surface area contributed by atoms with Gasteiger partial charge in [0.05, 0.1) is 31.9 Å². The molecular formula is C18H21F3N2O5. The quantitative estimate of drug-likeness (QED) is 0.228. The minimum Gasteiger partial charge on any atom is -0.503 e. The first-order chi connectivity index (χ1) is 13.1. The SMILES string of the molecule is COC=C(C(=O)OC)c1cc2cc(C)c1ON2C(C)C(C)=NOCC(F)(F)F. The molecule has 0 saturated carbocycles. The van der Waals surface area contributed by atoms with E-state index in [2.05, 4.69) is 9.99 Å². The molecule has 2 bridgehead atoms. The highest BCUT2D eigenvalue weighted by Crippen LogP contribution is 2.41. The van der Waals surface area contributed by atoms with Crippen LogP contribution >= 0.6 is 0 Å². The molecule has 0 fully saturated rings. The van der Waals surface area contributed by atoms with Crippen LogP contribution in [0.25, 0.3) is 5.57 Å². The first kappa shape index (κ1) is 21.4. The highest BCUT2D eigenvalue weighted by atomic mass is 19.4. The molecule has 0 saturated heterocycles. The van der Waals surface area contributed by atoms with Gasteiger partial charge in [-0.2, -0.15) is 13.2 Å². The lowest BCUT2D eigenvalue weighted by atomic mass is 9.99. The molecule has 0 amide bonds. The van der Waals surface area contributed by atoms with Crippen molar-refractivity contribution >= 4 is 22.9 Å². The fourth-order valence-corrected chi connectivity index (χ4v) is 2.56. The molecule has 0 N–H and O–H groups in total. The maximum absolute atomic E-state index is 12.2. The summed E-state index contributed by atoms with van der Waals surface area (Å²) in [5, 5.41) is 4.99. The number of halogens is 3. The third-order valence-electron chi connectivity index (χ3n) is 4.03. The minimum atomic E-state index is -4.46. The van der Waals surface area contributed by atoms with Gasteiger partial charge in [0.25, 0.3) is 0 Å². The van der Waals surface area contributed by atoms with Gasteiger partial charge in [-0.15, -0.1) is 0 Å². The Morgan fingerprint density at radius 2 is 2.04 bits per heavy atom. The number of aryl methyl sites for hydroxylation is 1. The Balaban J connectivity index is 2.29. The third kappa shape index (κ3) is 4.68. The molecule has 2 heterocycles. The van der Waals surface area contributed by atoms with E-state index in [1.807, 2.05) is 6.07 Å². The van der Waals surface area contributed by atoms with Crippen molar-refractivity contribution in [3.8, 4) is 5.75 Å². The van der Waals surface area contributed by atoms with Crippen LogP contribution in [0.15, 0.2) is 23.6 Å². The second kappa shape index (κ2) is 8.41. The van der Waals surface area contributed by atoms with Crippen LogP contribution in [0, 0.1) is 6.92 Å². The Labute approximate surface area is 160 Å². The Bertz CT molecular complexity index is 805. The van der Waals surface area contributed by atoms with Gasteiger partial charge in [0.1, 0.15) is 11.6 Å². The molecule has 2 aliphatic heterocycles. The highest BCUT2D eigenvalue weighted by molar-refractivity contribution is 6.17. The van der Waals surface area contributed by atoms with Crippen molar-refractivity contribution in [2.75, 3.05) is 25.9 Å². The van der Waals surface area contributed by atoms with Crippen LogP contribution in [0.4, 0.5) is 18.9 Å². The van der Waals surface area contributed by atoms with E-state index in [1.54, 1.807) is 19.9 Å². The summed E-state index contributed by atoms with van der Waals surface area (Å²) in [4.78, 5) is 22.3. The lowest BCUT2D eigenvalue weighted by Crippen LogP contribution is -2.43. The van der Waals surface area contributed by atoms with Crippen molar-refractivity contribution in [1.29, 1.82) is 0 Å². The zero-order valence-electron chi connectivity index (χ0n) is 16.1. The van der Waals surface area contributed by atoms with Gasteiger partial charge in [-0.3, -0.25) is 0 Å². The molecule has 0 aliphatic carbocycles. The highest BCUT2D eigenvalue weighted by Gasteiger charge is 2.32. The van der Waals surface area contributed by atoms with Crippen LogP contribution in [-0.4, -0.2) is 44.7 Å². The molecule has 0 radical (unpaired) electrons. The van der Waals surface area contributed by atoms with E-state index in [9.17, 15) is 18.0 Å². The number of alkyl halides is 3. The van der Waals surface area contributed by atoms with Crippen molar-refractivity contribution < 1.29 is 37.1 Å². The molecule has 3 rings (SSSR count). The van der Waals surface area contributed by atoms with Crippen LogP contribution in [0.3, 0.4) is 0 Å². The molecule has 1 aromatic rings. The molecule has 2 aliphatic rings. The first-order valence-electron chi connectivity index (χ1n) is 8.25. The van der Waals surface area contributed by atoms with E-state index in [-0.39, 0.29) is 11.3 Å². The molecule has 7 nitrogen and oxygen atoms in total. The summed E-state index contributed by atoms with van der Waals surface area (Å²) in [6.07, 6.45) is -3.21. The van der Waals surface area contributed by atoms with Crippen molar-refractivity contribution in [2.45, 2.75) is 33.0 Å². The zero-order chi connectivity index (χ0) is 21.1. The number of methoxy groups -OCH3 is 2. The lowest BCUT2D eigenvalue weighted by Gasteiger charge is -2.36. The third-order valence-corrected chi connectivity index (χ3v) is 4.03. The number of anilines is 1. The molecular weight excluding hydrogens is 381 g/mol. The summed E-state index contributed by atoms with van der Waals surface area (Å²) in [5.74, 6) is -0.192. The topological polar surface area (TPSA) is 69.6 Å². The number of fused-ring (bicyclic) bond motifs is 3. The fourth-order valence-electron chi connectivity index (χ4n) is 2.56. The summed E-state index contributed by atoms with van der Waals surface area (Å²) in [6, 6.07) is 3.01. The zero-order valence-corrected chi connectivity index (χ0v) is 16.1. The number of carbonyl (C=O) groups is 1. The molecule has 154 valence electrons. The van der Waals surface area contributed by atoms with E-state index in [4.69, 9.17) is 14.3 Å². The summed E-state index contributed by atoms with van der Waals surface area (Å²) in [5.41, 5.74) is 2.30. The van der Waals surface area contributed by atoms with Gasteiger partial charge in [0.2, 0.25) is 6.61 Å². The van der Waals surface area contributed by atoms with Crippen molar-refractivity contribution in [3.05, 3.63) is 29.5 Å². The summed E-state index contributed by atoms with van der Waals surface area (Å²) < 4.78 is 46.3. The number of esters is 1. The Hall–Kier alpha value is -2.91. The monoisotopic (exact) mass is 402 g/mol. The number of rotatable bonds is 7. The number of hydrogen-bond donors (Lipinski definition) is 0. The Morgan fingerprint density at radius 3 is 2.57 bits per heavy atom. The second-order valence-electron chi connectivity index (χ2n) is 6.11. The molecule has 1 atom stereocenters. The van der Waals surface area contributed by atoms with Gasteiger partial charge in [0, 0.05) is 5.56 Å². The van der Waals surface area contributed by atoms with Crippen LogP contribution < -0.4 is 9.90 Å². The Morgan fingerprint density at radius 1 is 1.36 bits per heavy atom. The van der Waals surface area contributed by atoms with E-state index in [0.29, 0.717) is 17.0 Å². The standard InChI is InChI=1S/C18H21F3N2O5/c1-10-6-13-7-14(15(8-25-4)17(24)26-5)16(10)28-23(13)12(3)11(2)22-27-9-18(19,20)21/h6-8,12H,9H2,1-5H3. The molecule has 1 unspecified atom stereocenters. The molecule has 28 heavy (non-hydrogen) atoms. The van der Waals surface area contributed by atoms with Gasteiger partial charge in [-0.05, 0) is 38.5 Å². The van der Waals surface area contributed by atoms with Crippen LogP contribution in [0.2, 0.25) is 0 Å². The van der Waals surface area contributed by atoms with E-state index < -0.39 is 24.8 Å². The summed E-state index contributed by atoms with van der Waals surface area (Å²) in [7, 11) is 2.66. The first-order valence-corrected chi connectivity index (χ1v) is 8.25. The van der Waals surface area contributed by atoms with Gasteiger partial charge < -0.3 is 19.1 Å². The number of ether oxygens (including phenoxy) is 2. The largest absolute Gasteiger partial charge is 0.503 e. The predicted octanol–water partition coefficient (Wildman–Crippen LogP) is 3.61. The molecule has 0 aromatic heterocycles. The average molecular weight is 402 g/mol. The molecule has 0 spiro atoms.